The standard InChI is InChI=1S/C24H29N3O8/c1-8(28)11-5-10(7-25)18(29)15-12(11)4-9-6-13-17(27(2)3)20(31)16(23(26)34)22(33)24(13,35)21(32)14(9)19(15)30/h5,9,13,16-17,20,29-31,35H,4,6-7,25H2,1-3H3,(H2,26,34)/t9-,13-,16?,17-,20?,24-/m1/s1. The second-order valence-electron chi connectivity index (χ2n) is 9.84. The lowest BCUT2D eigenvalue weighted by atomic mass is 9.54. The van der Waals surface area contributed by atoms with Crippen molar-refractivity contribution in [2.45, 2.75) is 44.1 Å². The largest absolute Gasteiger partial charge is 0.507 e. The van der Waals surface area contributed by atoms with Crippen molar-refractivity contribution in [2.75, 3.05) is 14.1 Å². The summed E-state index contributed by atoms with van der Waals surface area (Å²) in [6.45, 7) is 1.18. The summed E-state index contributed by atoms with van der Waals surface area (Å²) in [5.41, 5.74) is 8.64. The van der Waals surface area contributed by atoms with Gasteiger partial charge in [0.05, 0.1) is 11.7 Å². The Bertz CT molecular complexity index is 1210. The lowest BCUT2D eigenvalue weighted by Gasteiger charge is -2.53. The van der Waals surface area contributed by atoms with Crippen LogP contribution in [0.1, 0.15) is 40.4 Å². The first-order valence-corrected chi connectivity index (χ1v) is 11.3. The summed E-state index contributed by atoms with van der Waals surface area (Å²) >= 11 is 0. The van der Waals surface area contributed by atoms with Gasteiger partial charge >= 0.3 is 0 Å². The van der Waals surface area contributed by atoms with Crippen molar-refractivity contribution in [1.82, 2.24) is 4.90 Å². The Balaban J connectivity index is 1.97. The highest BCUT2D eigenvalue weighted by Gasteiger charge is 2.67. The number of phenols is 1. The summed E-state index contributed by atoms with van der Waals surface area (Å²) in [6, 6.07) is 0.466. The number of Topliss-reactive ketones (excluding diaryl/α,β-unsaturated/α-hetero) is 3. The average molecular weight is 488 g/mol. The molecule has 0 bridgehead atoms. The van der Waals surface area contributed by atoms with Gasteiger partial charge in [0.15, 0.2) is 17.2 Å². The topological polar surface area (TPSA) is 204 Å². The van der Waals surface area contributed by atoms with Crippen LogP contribution < -0.4 is 11.5 Å². The number of aromatic hydroxyl groups is 1. The van der Waals surface area contributed by atoms with Crippen LogP contribution in [-0.4, -0.2) is 80.4 Å². The van der Waals surface area contributed by atoms with Crippen molar-refractivity contribution in [1.29, 1.82) is 0 Å². The van der Waals surface area contributed by atoms with Gasteiger partial charge in [0, 0.05) is 35.2 Å². The molecule has 0 aliphatic heterocycles. The number of hydrogen-bond donors (Lipinski definition) is 6. The number of fused-ring (bicyclic) bond motifs is 3. The molecule has 1 amide bonds. The van der Waals surface area contributed by atoms with Crippen LogP contribution in [-0.2, 0) is 27.3 Å². The van der Waals surface area contributed by atoms with E-state index >= 15 is 0 Å². The lowest BCUT2D eigenvalue weighted by Crippen LogP contribution is -2.73. The number of carbonyl (C=O) groups excluding carboxylic acids is 4. The smallest absolute Gasteiger partial charge is 0.230 e. The number of hydrogen-bond acceptors (Lipinski definition) is 10. The minimum atomic E-state index is -2.73. The van der Waals surface area contributed by atoms with E-state index in [0.717, 1.165) is 0 Å². The number of likely N-dealkylation sites (N-methyl/N-ethyl adjacent to an activating group) is 1. The highest BCUT2D eigenvalue weighted by atomic mass is 16.3. The molecule has 0 aromatic heterocycles. The molecule has 3 aliphatic carbocycles. The monoisotopic (exact) mass is 487 g/mol. The van der Waals surface area contributed by atoms with E-state index in [9.17, 15) is 39.6 Å². The minimum absolute atomic E-state index is 0.0189. The Morgan fingerprint density at radius 1 is 1.23 bits per heavy atom. The molecule has 0 saturated heterocycles. The maximum absolute atomic E-state index is 13.8. The predicted molar refractivity (Wildman–Crippen MR) is 122 cm³/mol. The molecule has 2 saturated carbocycles. The highest BCUT2D eigenvalue weighted by Crippen LogP contribution is 2.52. The van der Waals surface area contributed by atoms with Crippen LogP contribution in [0.2, 0.25) is 0 Å². The normalized spacial score (nSPS) is 32.3. The Kier molecular flexibility index (Phi) is 5.88. The van der Waals surface area contributed by atoms with Crippen molar-refractivity contribution in [3.8, 4) is 5.75 Å². The van der Waals surface area contributed by atoms with E-state index in [1.807, 2.05) is 0 Å². The molecule has 3 aliphatic rings. The van der Waals surface area contributed by atoms with Gasteiger partial charge in [-0.15, -0.1) is 0 Å². The zero-order valence-corrected chi connectivity index (χ0v) is 19.6. The number of carbonyl (C=O) groups is 4. The number of ketones is 3. The Labute approximate surface area is 201 Å². The molecular formula is C24H29N3O8. The van der Waals surface area contributed by atoms with E-state index in [1.165, 1.54) is 17.9 Å². The molecular weight excluding hydrogens is 458 g/mol. The van der Waals surface area contributed by atoms with Gasteiger partial charge in [0.25, 0.3) is 0 Å². The van der Waals surface area contributed by atoms with Gasteiger partial charge in [0.1, 0.15) is 17.4 Å². The summed E-state index contributed by atoms with van der Waals surface area (Å²) < 4.78 is 0. The van der Waals surface area contributed by atoms with Crippen LogP contribution in [0.5, 0.6) is 5.75 Å². The molecule has 0 radical (unpaired) electrons. The van der Waals surface area contributed by atoms with Gasteiger partial charge < -0.3 is 36.8 Å². The quantitative estimate of drug-likeness (QED) is 0.221. The number of nitrogens with two attached hydrogens (primary N) is 2. The van der Waals surface area contributed by atoms with Gasteiger partial charge in [0.2, 0.25) is 11.7 Å². The molecule has 11 nitrogen and oxygen atoms in total. The number of primary amides is 1. The fraction of sp³-hybridized carbons (Fsp3) is 0.500. The zero-order chi connectivity index (χ0) is 26.1. The average Bonchev–Trinajstić information content (AvgIpc) is 2.75. The van der Waals surface area contributed by atoms with E-state index in [2.05, 4.69) is 0 Å². The van der Waals surface area contributed by atoms with Gasteiger partial charge in [-0.1, -0.05) is 0 Å². The fourth-order valence-corrected chi connectivity index (χ4v) is 6.20. The SMILES string of the molecule is CC(=O)c1cc(CN)c(O)c2c1C[C@@H]1C[C@@H]3[C@@H](N(C)C)C(O)C(C(N)=O)C(=O)[C@]3(O)C(=O)C1=C2O. The molecule has 1 aromatic carbocycles. The van der Waals surface area contributed by atoms with Crippen LogP contribution in [0, 0.1) is 17.8 Å². The summed E-state index contributed by atoms with van der Waals surface area (Å²) in [5.74, 6) is -8.58. The molecule has 8 N–H and O–H groups in total. The number of amides is 1. The van der Waals surface area contributed by atoms with E-state index in [1.54, 1.807) is 14.1 Å². The number of aliphatic hydroxyl groups is 3. The zero-order valence-electron chi connectivity index (χ0n) is 19.6. The highest BCUT2D eigenvalue weighted by molar-refractivity contribution is 6.25. The fourth-order valence-electron chi connectivity index (χ4n) is 6.20. The van der Waals surface area contributed by atoms with Gasteiger partial charge in [-0.2, -0.15) is 0 Å². The van der Waals surface area contributed by atoms with E-state index < -0.39 is 64.5 Å². The molecule has 0 spiro atoms. The van der Waals surface area contributed by atoms with E-state index in [0.29, 0.717) is 5.56 Å². The molecule has 0 heterocycles. The van der Waals surface area contributed by atoms with Crippen LogP contribution in [0.4, 0.5) is 0 Å². The van der Waals surface area contributed by atoms with Crippen molar-refractivity contribution in [3.63, 3.8) is 0 Å². The van der Waals surface area contributed by atoms with Crippen molar-refractivity contribution >= 4 is 29.0 Å². The van der Waals surface area contributed by atoms with Crippen LogP contribution in [0.25, 0.3) is 5.76 Å². The Hall–Kier alpha value is -3.12. The summed E-state index contributed by atoms with van der Waals surface area (Å²) in [7, 11) is 3.15. The molecule has 188 valence electrons. The van der Waals surface area contributed by atoms with Crippen LogP contribution in [0.15, 0.2) is 11.6 Å². The molecule has 2 unspecified atom stereocenters. The van der Waals surface area contributed by atoms with Crippen LogP contribution in [0.3, 0.4) is 0 Å². The number of benzene rings is 1. The summed E-state index contributed by atoms with van der Waals surface area (Å²) in [5, 5.41) is 44.4. The molecule has 11 heteroatoms. The Morgan fingerprint density at radius 3 is 2.37 bits per heavy atom. The van der Waals surface area contributed by atoms with E-state index in [4.69, 9.17) is 11.5 Å². The van der Waals surface area contributed by atoms with Crippen molar-refractivity contribution in [3.05, 3.63) is 33.9 Å². The molecule has 6 atom stereocenters. The summed E-state index contributed by atoms with van der Waals surface area (Å²) in [6.07, 6.45) is -1.52. The van der Waals surface area contributed by atoms with Crippen LogP contribution >= 0.6 is 0 Å². The number of rotatable bonds is 4. The van der Waals surface area contributed by atoms with Gasteiger partial charge in [-0.25, -0.2) is 0 Å². The summed E-state index contributed by atoms with van der Waals surface area (Å²) in [4.78, 5) is 53.0. The molecule has 35 heavy (non-hydrogen) atoms. The maximum atomic E-state index is 13.8. The third kappa shape index (κ3) is 3.26. The minimum Gasteiger partial charge on any atom is -0.507 e. The predicted octanol–water partition coefficient (Wildman–Crippen LogP) is -1.21. The molecule has 1 aromatic rings. The number of aliphatic hydroxyl groups excluding tert-OH is 2. The molecule has 2 fully saturated rings. The van der Waals surface area contributed by atoms with Gasteiger partial charge in [-0.3, -0.25) is 19.2 Å². The van der Waals surface area contributed by atoms with E-state index in [-0.39, 0.29) is 47.4 Å². The maximum Gasteiger partial charge on any atom is 0.230 e. The number of nitrogens with zero attached hydrogens (tertiary/aromatic N) is 1. The lowest BCUT2D eigenvalue weighted by molar-refractivity contribution is -0.184. The first-order valence-electron chi connectivity index (χ1n) is 11.3. The molecule has 4 rings (SSSR count). The second-order valence-corrected chi connectivity index (χ2v) is 9.84. The van der Waals surface area contributed by atoms with Crippen molar-refractivity contribution < 1.29 is 39.6 Å². The Morgan fingerprint density at radius 2 is 1.86 bits per heavy atom. The van der Waals surface area contributed by atoms with Crippen molar-refractivity contribution in [2.24, 2.45) is 29.2 Å². The first-order chi connectivity index (χ1) is 16.3. The van der Waals surface area contributed by atoms with Gasteiger partial charge in [-0.05, 0) is 51.4 Å². The number of phenolic OH excluding ortho intramolecular Hbond substituents is 1. The second kappa shape index (κ2) is 8.23. The third-order valence-corrected chi connectivity index (χ3v) is 7.77. The first kappa shape index (κ1) is 25.0. The third-order valence-electron chi connectivity index (χ3n) is 7.77.